The first-order valence-corrected chi connectivity index (χ1v) is 51.6. The fourth-order valence-electron chi connectivity index (χ4n) is 22.5. The molecule has 9 nitrogen and oxygen atoms in total. The molecule has 2 aliphatic carbocycles. The molecule has 0 bridgehead atoms. The van der Waals surface area contributed by atoms with E-state index in [1.807, 2.05) is 0 Å². The van der Waals surface area contributed by atoms with Gasteiger partial charge < -0.3 is 24.2 Å². The van der Waals surface area contributed by atoms with Crippen molar-refractivity contribution in [1.82, 2.24) is 15.0 Å². The molecule has 1 spiro atoms. The Bertz CT molecular complexity index is 7240. The molecule has 14 aromatic rings. The average molecular weight is 1860 g/mol. The summed E-state index contributed by atoms with van der Waals surface area (Å²) in [5.41, 5.74) is 39.7. The van der Waals surface area contributed by atoms with Gasteiger partial charge in [-0.2, -0.15) is 0 Å². The van der Waals surface area contributed by atoms with Gasteiger partial charge in [0.25, 0.3) is 13.4 Å². The van der Waals surface area contributed by atoms with Crippen molar-refractivity contribution in [2.75, 3.05) is 19.6 Å². The zero-order valence-electron chi connectivity index (χ0n) is 91.1. The van der Waals surface area contributed by atoms with Gasteiger partial charge in [0, 0.05) is 57.6 Å². The lowest BCUT2D eigenvalue weighted by Crippen LogP contribution is -2.63. The van der Waals surface area contributed by atoms with E-state index in [9.17, 15) is 0 Å². The van der Waals surface area contributed by atoms with Gasteiger partial charge in [-0.15, -0.1) is 0 Å². The maximum Gasteiger partial charge on any atom is 0.256 e. The molecule has 4 aliphatic heterocycles. The van der Waals surface area contributed by atoms with Gasteiger partial charge in [0.15, 0.2) is 0 Å². The molecular weight excluding hydrogens is 1710 g/mol. The van der Waals surface area contributed by atoms with Crippen LogP contribution in [0.1, 0.15) is 338 Å². The highest BCUT2D eigenvalue weighted by molar-refractivity contribution is 7.01. The monoisotopic (exact) mass is 1860 g/mol. The third kappa shape index (κ3) is 16.3. The Hall–Kier alpha value is -12.2. The Morgan fingerprint density at radius 2 is 0.532 bits per heavy atom. The summed E-state index contributed by atoms with van der Waals surface area (Å²) in [4.78, 5) is 25.6. The number of anilines is 12. The average Bonchev–Trinajstić information content (AvgIpc) is 1.49. The minimum atomic E-state index is -0.702. The molecule has 720 valence electrons. The van der Waals surface area contributed by atoms with Crippen LogP contribution in [-0.2, 0) is 70.4 Å². The molecule has 13 aromatic carbocycles. The maximum absolute atomic E-state index is 8.16. The second-order valence-corrected chi connectivity index (χ2v) is 54.2. The fraction of sp³-hybridized carbons (Fsp3) is 0.377. The smallest absolute Gasteiger partial charge is 0.256 e. The van der Waals surface area contributed by atoms with E-state index < -0.39 is 18.8 Å². The van der Waals surface area contributed by atoms with E-state index in [-0.39, 0.29) is 65.0 Å². The van der Waals surface area contributed by atoms with Crippen molar-refractivity contribution in [3.05, 3.63) is 326 Å². The highest BCUT2D eigenvalue weighted by Gasteiger charge is 2.55. The van der Waals surface area contributed by atoms with Crippen molar-refractivity contribution in [3.63, 3.8) is 0 Å². The quantitative estimate of drug-likeness (QED) is 0.138. The zero-order valence-corrected chi connectivity index (χ0v) is 91.1. The number of fused-ring (bicyclic) bond motifs is 18. The van der Waals surface area contributed by atoms with E-state index in [0.29, 0.717) is 5.95 Å². The summed E-state index contributed by atoms with van der Waals surface area (Å²) in [7, 11) is 0. The molecule has 5 heterocycles. The molecule has 11 heteroatoms. The van der Waals surface area contributed by atoms with Crippen molar-refractivity contribution in [3.8, 4) is 45.3 Å². The minimum Gasteiger partial charge on any atom is -0.458 e. The van der Waals surface area contributed by atoms with Crippen LogP contribution in [0.5, 0.6) is 23.0 Å². The third-order valence-electron chi connectivity index (χ3n) is 31.4. The molecule has 0 radical (unpaired) electrons. The molecule has 0 fully saturated rings. The van der Waals surface area contributed by atoms with E-state index in [2.05, 4.69) is 498 Å². The second-order valence-electron chi connectivity index (χ2n) is 54.2. The Balaban J connectivity index is 0.922. The summed E-state index contributed by atoms with van der Waals surface area (Å²) in [6, 6.07) is 90.5. The Morgan fingerprint density at radius 1 is 0.234 bits per heavy atom. The van der Waals surface area contributed by atoms with Crippen molar-refractivity contribution in [2.24, 2.45) is 0 Å². The van der Waals surface area contributed by atoms with E-state index in [1.54, 1.807) is 12.7 Å². The Morgan fingerprint density at radius 3 is 0.901 bits per heavy atom. The largest absolute Gasteiger partial charge is 0.458 e. The van der Waals surface area contributed by atoms with Gasteiger partial charge in [0.05, 0.1) is 22.5 Å². The van der Waals surface area contributed by atoms with Crippen LogP contribution in [0.15, 0.2) is 237 Å². The number of rotatable bonds is 8. The number of hydrogen-bond donors (Lipinski definition) is 0. The molecule has 6 aliphatic rings. The summed E-state index contributed by atoms with van der Waals surface area (Å²) in [6.07, 6.45) is 3.32. The number of ether oxygens (including phenoxy) is 2. The SMILES string of the molecule is CC(C)(C)c1cc(N(c2cc(C(C)(C)C)cc(C(C)(C)C)c2)c2cc3c4c(c2)N(c2ncncn2)c2cc5c(cc2B4c2ccc(C(C)(C)C)cc2O3)N(c2cc(C(C)(C)C)cc(C(C)(C)C)c2)c2cc(N(c3cc(C(C)(C)C)cc(C(C)(C)C)c3)c3ccc4c(c3)C3(c6ccccc6-4)c4cc(C(C)(C)C)ccc4-c4ccc(C(C)(C)C)cc43)cc3c2B5c2ccc(C(C)(C)C)cc2O3)cc(C(C)(C)C)c1. The predicted molar refractivity (Wildman–Crippen MR) is 602 cm³/mol. The minimum absolute atomic E-state index is 0.136. The molecule has 0 N–H and O–H groups in total. The van der Waals surface area contributed by atoms with Crippen LogP contribution in [0.3, 0.4) is 0 Å². The molecule has 1 aromatic heterocycles. The molecule has 0 atom stereocenters. The molecule has 20 rings (SSSR count). The third-order valence-corrected chi connectivity index (χ3v) is 31.4. The summed E-state index contributed by atoms with van der Waals surface area (Å²) in [5, 5.41) is 0. The van der Waals surface area contributed by atoms with Crippen LogP contribution in [0, 0.1) is 0 Å². The number of aromatic nitrogens is 3. The topological polar surface area (TPSA) is 70.1 Å². The summed E-state index contributed by atoms with van der Waals surface area (Å²) in [5.74, 6) is 3.71. The van der Waals surface area contributed by atoms with Crippen LogP contribution >= 0.6 is 0 Å². The van der Waals surface area contributed by atoms with Gasteiger partial charge in [-0.1, -0.05) is 365 Å². The van der Waals surface area contributed by atoms with Crippen LogP contribution in [-0.4, -0.2) is 28.4 Å². The highest BCUT2D eigenvalue weighted by Crippen LogP contribution is 2.65. The van der Waals surface area contributed by atoms with Gasteiger partial charge >= 0.3 is 0 Å². The van der Waals surface area contributed by atoms with E-state index >= 15 is 0 Å². The van der Waals surface area contributed by atoms with Crippen LogP contribution in [0.4, 0.5) is 68.5 Å². The predicted octanol–water partition coefficient (Wildman–Crippen LogP) is 31.5. The summed E-state index contributed by atoms with van der Waals surface area (Å²) in [6.45, 7) is 84.0. The van der Waals surface area contributed by atoms with E-state index in [4.69, 9.17) is 19.4 Å². The van der Waals surface area contributed by atoms with Crippen molar-refractivity contribution in [2.45, 2.75) is 320 Å². The molecule has 0 saturated heterocycles. The Labute approximate surface area is 844 Å². The fourth-order valence-corrected chi connectivity index (χ4v) is 22.5. The summed E-state index contributed by atoms with van der Waals surface area (Å²) >= 11 is 0. The van der Waals surface area contributed by atoms with Crippen molar-refractivity contribution >= 4 is 115 Å². The van der Waals surface area contributed by atoms with Gasteiger partial charge in [-0.05, 0) is 306 Å². The second kappa shape index (κ2) is 31.9. The lowest BCUT2D eigenvalue weighted by molar-refractivity contribution is 0.483. The molecule has 141 heavy (non-hydrogen) atoms. The lowest BCUT2D eigenvalue weighted by atomic mass is 9.31. The normalized spacial score (nSPS) is 14.8. The number of nitrogens with zero attached hydrogens (tertiary/aromatic N) is 7. The lowest BCUT2D eigenvalue weighted by Gasteiger charge is -2.45. The van der Waals surface area contributed by atoms with Gasteiger partial charge in [0.2, 0.25) is 5.95 Å². The van der Waals surface area contributed by atoms with Crippen LogP contribution in [0.2, 0.25) is 0 Å². The van der Waals surface area contributed by atoms with Crippen molar-refractivity contribution in [1.29, 1.82) is 0 Å². The molecular formula is C130H147B2N7O2. The summed E-state index contributed by atoms with van der Waals surface area (Å²) < 4.78 is 16.1. The first kappa shape index (κ1) is 96.3. The highest BCUT2D eigenvalue weighted by atomic mass is 16.5. The van der Waals surface area contributed by atoms with E-state index in [0.717, 1.165) is 118 Å². The van der Waals surface area contributed by atoms with Gasteiger partial charge in [-0.25, -0.2) is 15.0 Å². The van der Waals surface area contributed by atoms with Gasteiger partial charge in [0.1, 0.15) is 35.7 Å². The van der Waals surface area contributed by atoms with Crippen molar-refractivity contribution < 1.29 is 9.47 Å². The standard InChI is InChI=1S/C130H147B2N7O2/c1-118(2,3)76-41-46-96-97-47-42-77(119(4,5)6)64-101(97)130(100(96)63-76)99-40-38-37-39-95(99)98-48-45-88(67-102(98)130)136(89-55-80(122(13,14)15)51-81(56-89)123(16,17)18)93-68-109-115-113(70-93)140-111-65-78(120(7,8)9)43-49-103(111)131(115)105-73-108-106(72-107(105)138(109)92-61-86(128(31,32)33)54-87(62-92)129(34,35)36)132-104-50-44-79(121(10,11)12)66-112(104)141-114-71-94(69-110(116(114)132)139(108)117-134-74-133-75-135-117)137(90-57-82(124(19,20)21)52-83(58-90)125(22,23)24)91-59-84(126(25,26)27)53-85(60-91)127(28,29)30/h37-75H,1-36H3. The first-order valence-electron chi connectivity index (χ1n) is 51.6. The zero-order chi connectivity index (χ0) is 101. The number of benzene rings is 13. The maximum atomic E-state index is 8.16. The first-order chi connectivity index (χ1) is 65.4. The molecule has 0 saturated carbocycles. The van der Waals surface area contributed by atoms with Crippen LogP contribution < -0.4 is 61.9 Å². The van der Waals surface area contributed by atoms with E-state index in [1.165, 1.54) is 111 Å². The molecule has 0 amide bonds. The molecule has 0 unspecified atom stereocenters. The number of hydrogen-bond acceptors (Lipinski definition) is 9. The van der Waals surface area contributed by atoms with Crippen LogP contribution in [0.25, 0.3) is 22.3 Å². The Kier molecular flexibility index (Phi) is 21.8. The van der Waals surface area contributed by atoms with Gasteiger partial charge in [-0.3, -0.25) is 4.90 Å².